The SMILES string of the molecule is CCNC(c1ccc(C)s1)c1cccc(Cl)c1C. The van der Waals surface area contributed by atoms with Crippen molar-refractivity contribution in [1.29, 1.82) is 0 Å². The first-order valence-electron chi connectivity index (χ1n) is 6.18. The van der Waals surface area contributed by atoms with Gasteiger partial charge < -0.3 is 5.32 Å². The number of aryl methyl sites for hydroxylation is 1. The van der Waals surface area contributed by atoms with Crippen molar-refractivity contribution in [3.05, 3.63) is 56.2 Å². The van der Waals surface area contributed by atoms with Crippen molar-refractivity contribution in [3.8, 4) is 0 Å². The average Bonchev–Trinajstić information content (AvgIpc) is 2.77. The Morgan fingerprint density at radius 1 is 1.22 bits per heavy atom. The lowest BCUT2D eigenvalue weighted by Crippen LogP contribution is -2.21. The average molecular weight is 280 g/mol. The molecule has 2 rings (SSSR count). The summed E-state index contributed by atoms with van der Waals surface area (Å²) in [7, 11) is 0. The topological polar surface area (TPSA) is 12.0 Å². The van der Waals surface area contributed by atoms with Crippen LogP contribution in [0, 0.1) is 13.8 Å². The highest BCUT2D eigenvalue weighted by atomic mass is 35.5. The molecule has 0 spiro atoms. The number of hydrogen-bond donors (Lipinski definition) is 1. The predicted octanol–water partition coefficient (Wildman–Crippen LogP) is 4.72. The van der Waals surface area contributed by atoms with Gasteiger partial charge in [0.2, 0.25) is 0 Å². The number of halogens is 1. The maximum Gasteiger partial charge on any atom is 0.0674 e. The maximum atomic E-state index is 6.23. The summed E-state index contributed by atoms with van der Waals surface area (Å²) >= 11 is 8.07. The number of hydrogen-bond acceptors (Lipinski definition) is 2. The van der Waals surface area contributed by atoms with Crippen LogP contribution in [0.4, 0.5) is 0 Å². The Morgan fingerprint density at radius 3 is 2.61 bits per heavy atom. The number of nitrogens with one attached hydrogen (secondary N) is 1. The largest absolute Gasteiger partial charge is 0.306 e. The van der Waals surface area contributed by atoms with Crippen molar-refractivity contribution in [2.75, 3.05) is 6.54 Å². The van der Waals surface area contributed by atoms with E-state index < -0.39 is 0 Å². The minimum absolute atomic E-state index is 0.243. The molecule has 1 aromatic heterocycles. The summed E-state index contributed by atoms with van der Waals surface area (Å²) in [5, 5.41) is 4.39. The molecule has 1 N–H and O–H groups in total. The molecule has 0 aliphatic carbocycles. The molecule has 1 nitrogen and oxygen atoms in total. The van der Waals surface area contributed by atoms with E-state index >= 15 is 0 Å². The van der Waals surface area contributed by atoms with Crippen LogP contribution in [0.15, 0.2) is 30.3 Å². The Kier molecular flexibility index (Phi) is 4.44. The zero-order valence-electron chi connectivity index (χ0n) is 11.0. The van der Waals surface area contributed by atoms with E-state index in [2.05, 4.69) is 44.3 Å². The lowest BCUT2D eigenvalue weighted by atomic mass is 10.00. The highest BCUT2D eigenvalue weighted by molar-refractivity contribution is 7.12. The van der Waals surface area contributed by atoms with Gasteiger partial charge in [-0.2, -0.15) is 0 Å². The van der Waals surface area contributed by atoms with E-state index in [1.54, 1.807) is 0 Å². The number of thiophene rings is 1. The van der Waals surface area contributed by atoms with Crippen LogP contribution >= 0.6 is 22.9 Å². The van der Waals surface area contributed by atoms with Crippen molar-refractivity contribution < 1.29 is 0 Å². The molecule has 1 atom stereocenters. The predicted molar refractivity (Wildman–Crippen MR) is 80.8 cm³/mol. The third-order valence-corrected chi connectivity index (χ3v) is 4.55. The molecule has 0 aliphatic heterocycles. The van der Waals surface area contributed by atoms with Crippen molar-refractivity contribution in [2.45, 2.75) is 26.8 Å². The second-order valence-corrected chi connectivity index (χ2v) is 6.12. The lowest BCUT2D eigenvalue weighted by molar-refractivity contribution is 0.637. The minimum Gasteiger partial charge on any atom is -0.306 e. The van der Waals surface area contributed by atoms with E-state index in [1.807, 2.05) is 23.5 Å². The van der Waals surface area contributed by atoms with Crippen LogP contribution in [0.3, 0.4) is 0 Å². The quantitative estimate of drug-likeness (QED) is 0.854. The van der Waals surface area contributed by atoms with Gasteiger partial charge >= 0.3 is 0 Å². The molecule has 0 saturated carbocycles. The minimum atomic E-state index is 0.243. The summed E-state index contributed by atoms with van der Waals surface area (Å²) in [6.07, 6.45) is 0. The summed E-state index contributed by atoms with van der Waals surface area (Å²) in [6, 6.07) is 10.7. The van der Waals surface area contributed by atoms with Crippen LogP contribution in [-0.2, 0) is 0 Å². The van der Waals surface area contributed by atoms with Crippen molar-refractivity contribution >= 4 is 22.9 Å². The maximum absolute atomic E-state index is 6.23. The molecule has 18 heavy (non-hydrogen) atoms. The van der Waals surface area contributed by atoms with Gasteiger partial charge in [-0.3, -0.25) is 0 Å². The van der Waals surface area contributed by atoms with Crippen LogP contribution in [0.25, 0.3) is 0 Å². The standard InChI is InChI=1S/C15H18ClNS/c1-4-17-15(14-9-8-10(2)18-14)12-6-5-7-13(16)11(12)3/h5-9,15,17H,4H2,1-3H3. The number of rotatable bonds is 4. The number of benzene rings is 1. The van der Waals surface area contributed by atoms with Gasteiger partial charge in [-0.15, -0.1) is 11.3 Å². The molecule has 1 unspecified atom stereocenters. The van der Waals surface area contributed by atoms with E-state index in [0.717, 1.165) is 17.1 Å². The fourth-order valence-electron chi connectivity index (χ4n) is 2.11. The van der Waals surface area contributed by atoms with E-state index in [4.69, 9.17) is 11.6 Å². The highest BCUT2D eigenvalue weighted by Gasteiger charge is 2.17. The summed E-state index contributed by atoms with van der Waals surface area (Å²) in [4.78, 5) is 2.69. The van der Waals surface area contributed by atoms with Gasteiger partial charge in [0.15, 0.2) is 0 Å². The van der Waals surface area contributed by atoms with Crippen LogP contribution in [0.2, 0.25) is 5.02 Å². The van der Waals surface area contributed by atoms with Gasteiger partial charge in [0, 0.05) is 14.8 Å². The molecule has 2 aromatic rings. The molecular formula is C15H18ClNS. The lowest BCUT2D eigenvalue weighted by Gasteiger charge is -2.19. The highest BCUT2D eigenvalue weighted by Crippen LogP contribution is 2.32. The van der Waals surface area contributed by atoms with Gasteiger partial charge in [-0.1, -0.05) is 30.7 Å². The Morgan fingerprint density at radius 2 is 2.00 bits per heavy atom. The summed E-state index contributed by atoms with van der Waals surface area (Å²) < 4.78 is 0. The van der Waals surface area contributed by atoms with Crippen molar-refractivity contribution in [3.63, 3.8) is 0 Å². The third-order valence-electron chi connectivity index (χ3n) is 3.07. The molecule has 1 heterocycles. The molecule has 3 heteroatoms. The monoisotopic (exact) mass is 279 g/mol. The molecule has 0 fully saturated rings. The smallest absolute Gasteiger partial charge is 0.0674 e. The van der Waals surface area contributed by atoms with E-state index in [-0.39, 0.29) is 6.04 Å². The Labute approximate surface area is 118 Å². The van der Waals surface area contributed by atoms with Crippen molar-refractivity contribution in [2.24, 2.45) is 0 Å². The first kappa shape index (κ1) is 13.6. The Hall–Kier alpha value is -0.830. The van der Waals surface area contributed by atoms with Crippen LogP contribution in [0.1, 0.15) is 33.8 Å². The van der Waals surface area contributed by atoms with Gasteiger partial charge in [-0.05, 0) is 49.7 Å². The van der Waals surface area contributed by atoms with E-state index in [9.17, 15) is 0 Å². The molecule has 96 valence electrons. The summed E-state index contributed by atoms with van der Waals surface area (Å²) in [5.74, 6) is 0. The Balaban J connectivity index is 2.44. The van der Waals surface area contributed by atoms with Crippen LogP contribution in [0.5, 0.6) is 0 Å². The zero-order chi connectivity index (χ0) is 13.1. The zero-order valence-corrected chi connectivity index (χ0v) is 12.5. The van der Waals surface area contributed by atoms with E-state index in [1.165, 1.54) is 15.3 Å². The van der Waals surface area contributed by atoms with Crippen LogP contribution in [-0.4, -0.2) is 6.54 Å². The van der Waals surface area contributed by atoms with Gasteiger partial charge in [0.1, 0.15) is 0 Å². The summed E-state index contributed by atoms with van der Waals surface area (Å²) in [6.45, 7) is 7.30. The molecule has 0 saturated heterocycles. The van der Waals surface area contributed by atoms with E-state index in [0.29, 0.717) is 0 Å². The van der Waals surface area contributed by atoms with Gasteiger partial charge in [0.25, 0.3) is 0 Å². The molecular weight excluding hydrogens is 262 g/mol. The fourth-order valence-corrected chi connectivity index (χ4v) is 3.27. The molecule has 0 bridgehead atoms. The summed E-state index contributed by atoms with van der Waals surface area (Å²) in [5.41, 5.74) is 2.43. The van der Waals surface area contributed by atoms with Crippen LogP contribution < -0.4 is 5.32 Å². The second-order valence-electron chi connectivity index (χ2n) is 4.39. The molecule has 0 radical (unpaired) electrons. The van der Waals surface area contributed by atoms with Gasteiger partial charge in [-0.25, -0.2) is 0 Å². The third kappa shape index (κ3) is 2.77. The van der Waals surface area contributed by atoms with Gasteiger partial charge in [0.05, 0.1) is 6.04 Å². The molecule has 0 aliphatic rings. The molecule has 0 amide bonds. The fraction of sp³-hybridized carbons (Fsp3) is 0.333. The first-order chi connectivity index (χ1) is 8.63. The molecule has 1 aromatic carbocycles. The first-order valence-corrected chi connectivity index (χ1v) is 7.37. The second kappa shape index (κ2) is 5.87. The normalized spacial score (nSPS) is 12.7. The van der Waals surface area contributed by atoms with Crippen molar-refractivity contribution in [1.82, 2.24) is 5.32 Å². The Bertz CT molecular complexity index is 533.